The summed E-state index contributed by atoms with van der Waals surface area (Å²) in [7, 11) is 1.36. The van der Waals surface area contributed by atoms with Crippen LogP contribution in [-0.4, -0.2) is 18.2 Å². The molecule has 0 unspecified atom stereocenters. The van der Waals surface area contributed by atoms with Crippen molar-refractivity contribution in [1.29, 1.82) is 0 Å². The first-order chi connectivity index (χ1) is 8.72. The lowest BCUT2D eigenvalue weighted by Crippen LogP contribution is -2.12. The summed E-state index contributed by atoms with van der Waals surface area (Å²) in [4.78, 5) is 11.3. The molecule has 0 aliphatic heterocycles. The van der Waals surface area contributed by atoms with Gasteiger partial charge in [-0.1, -0.05) is 24.3 Å². The van der Waals surface area contributed by atoms with E-state index in [0.717, 1.165) is 24.8 Å². The molecule has 0 saturated heterocycles. The van der Waals surface area contributed by atoms with Gasteiger partial charge in [0, 0.05) is 5.92 Å². The molecule has 96 valence electrons. The van der Waals surface area contributed by atoms with E-state index in [1.165, 1.54) is 7.11 Å². The highest BCUT2D eigenvalue weighted by Gasteiger charge is 2.20. The van der Waals surface area contributed by atoms with Gasteiger partial charge in [-0.25, -0.2) is 4.79 Å². The molecular weight excluding hydrogens is 228 g/mol. The van der Waals surface area contributed by atoms with Gasteiger partial charge in [-0.2, -0.15) is 0 Å². The molecule has 0 heterocycles. The van der Waals surface area contributed by atoms with Gasteiger partial charge in [-0.3, -0.25) is 0 Å². The number of rotatable bonds is 3. The first kappa shape index (κ1) is 12.8. The van der Waals surface area contributed by atoms with E-state index in [1.54, 1.807) is 24.3 Å². The number of hydrogen-bond acceptors (Lipinski definition) is 3. The number of benzene rings is 1. The highest BCUT2D eigenvalue weighted by Crippen LogP contribution is 2.30. The van der Waals surface area contributed by atoms with Crippen molar-refractivity contribution in [3.05, 3.63) is 47.5 Å². The van der Waals surface area contributed by atoms with Crippen molar-refractivity contribution in [3.8, 4) is 0 Å². The monoisotopic (exact) mass is 246 g/mol. The van der Waals surface area contributed by atoms with Gasteiger partial charge in [0.1, 0.15) is 0 Å². The number of methoxy groups -OCH3 is 1. The summed E-state index contributed by atoms with van der Waals surface area (Å²) in [5, 5.41) is 10.3. The van der Waals surface area contributed by atoms with Crippen molar-refractivity contribution in [1.82, 2.24) is 0 Å². The van der Waals surface area contributed by atoms with Crippen LogP contribution in [0.1, 0.15) is 41.3 Å². The van der Waals surface area contributed by atoms with Crippen LogP contribution in [0.25, 0.3) is 0 Å². The molecule has 3 nitrogen and oxygen atoms in total. The first-order valence-corrected chi connectivity index (χ1v) is 6.25. The second kappa shape index (κ2) is 5.83. The maximum Gasteiger partial charge on any atom is 0.337 e. The van der Waals surface area contributed by atoms with Gasteiger partial charge in [0.15, 0.2) is 0 Å². The molecule has 0 bridgehead atoms. The largest absolute Gasteiger partial charge is 0.465 e. The van der Waals surface area contributed by atoms with Crippen molar-refractivity contribution in [3.63, 3.8) is 0 Å². The van der Waals surface area contributed by atoms with Crippen molar-refractivity contribution >= 4 is 5.97 Å². The smallest absolute Gasteiger partial charge is 0.337 e. The molecule has 0 spiro atoms. The average molecular weight is 246 g/mol. The lowest BCUT2D eigenvalue weighted by molar-refractivity contribution is 0.0600. The first-order valence-electron chi connectivity index (χ1n) is 6.25. The van der Waals surface area contributed by atoms with Crippen LogP contribution >= 0.6 is 0 Å². The van der Waals surface area contributed by atoms with E-state index in [-0.39, 0.29) is 11.9 Å². The Bertz CT molecular complexity index is 434. The van der Waals surface area contributed by atoms with E-state index >= 15 is 0 Å². The quantitative estimate of drug-likeness (QED) is 0.659. The third-order valence-electron chi connectivity index (χ3n) is 3.37. The minimum Gasteiger partial charge on any atom is -0.465 e. The normalized spacial score (nSPS) is 20.4. The van der Waals surface area contributed by atoms with Gasteiger partial charge >= 0.3 is 5.97 Å². The van der Waals surface area contributed by atoms with Crippen molar-refractivity contribution in [2.75, 3.05) is 7.11 Å². The summed E-state index contributed by atoms with van der Waals surface area (Å²) in [5.41, 5.74) is 1.35. The number of aliphatic hydroxyl groups excluding tert-OH is 1. The van der Waals surface area contributed by atoms with E-state index in [2.05, 4.69) is 16.9 Å². The molecule has 1 N–H and O–H groups in total. The zero-order valence-corrected chi connectivity index (χ0v) is 10.5. The molecule has 1 aliphatic carbocycles. The number of allylic oxidation sites excluding steroid dienone is 1. The highest BCUT2D eigenvalue weighted by atomic mass is 16.5. The van der Waals surface area contributed by atoms with Crippen LogP contribution in [0, 0.1) is 5.92 Å². The highest BCUT2D eigenvalue weighted by molar-refractivity contribution is 5.89. The number of carbonyl (C=O) groups excluding carboxylic acids is 1. The molecule has 2 atom stereocenters. The van der Waals surface area contributed by atoms with E-state index < -0.39 is 6.10 Å². The van der Waals surface area contributed by atoms with Crippen LogP contribution in [0.4, 0.5) is 0 Å². The molecule has 1 aliphatic rings. The van der Waals surface area contributed by atoms with Gasteiger partial charge < -0.3 is 9.84 Å². The molecule has 0 amide bonds. The predicted octanol–water partition coefficient (Wildman–Crippen LogP) is 2.86. The SMILES string of the molecule is COC(=O)c1ccc([C@H](O)[C@@H]2C=CCCC2)cc1. The minimum absolute atomic E-state index is 0.183. The summed E-state index contributed by atoms with van der Waals surface area (Å²) in [6.45, 7) is 0. The van der Waals surface area contributed by atoms with Crippen molar-refractivity contribution in [2.45, 2.75) is 25.4 Å². The van der Waals surface area contributed by atoms with Gasteiger partial charge in [-0.15, -0.1) is 0 Å². The standard InChI is InChI=1S/C15H18O3/c1-18-15(17)13-9-7-12(8-10-13)14(16)11-5-3-2-4-6-11/h3,5,7-11,14,16H,2,4,6H2,1H3/t11-,14-/m1/s1. The predicted molar refractivity (Wildman–Crippen MR) is 69.2 cm³/mol. The van der Waals surface area contributed by atoms with E-state index in [4.69, 9.17) is 0 Å². The zero-order valence-electron chi connectivity index (χ0n) is 10.5. The summed E-state index contributed by atoms with van der Waals surface area (Å²) in [6, 6.07) is 6.96. The molecule has 0 saturated carbocycles. The molecule has 1 aromatic rings. The Morgan fingerprint density at radius 3 is 2.67 bits per heavy atom. The molecular formula is C15H18O3. The maximum atomic E-state index is 11.3. The number of esters is 1. The zero-order chi connectivity index (χ0) is 13.0. The van der Waals surface area contributed by atoms with E-state index in [1.807, 2.05) is 0 Å². The van der Waals surface area contributed by atoms with Crippen molar-refractivity contribution in [2.24, 2.45) is 5.92 Å². The molecule has 18 heavy (non-hydrogen) atoms. The Morgan fingerprint density at radius 2 is 2.11 bits per heavy atom. The van der Waals surface area contributed by atoms with Gasteiger partial charge in [0.25, 0.3) is 0 Å². The van der Waals surface area contributed by atoms with Gasteiger partial charge in [0.05, 0.1) is 18.8 Å². The lowest BCUT2D eigenvalue weighted by Gasteiger charge is -2.22. The van der Waals surface area contributed by atoms with Gasteiger partial charge in [0.2, 0.25) is 0 Å². The van der Waals surface area contributed by atoms with Crippen LogP contribution < -0.4 is 0 Å². The molecule has 0 fully saturated rings. The Kier molecular flexibility index (Phi) is 4.15. The Balaban J connectivity index is 2.11. The van der Waals surface area contributed by atoms with E-state index in [9.17, 15) is 9.90 Å². The fraction of sp³-hybridized carbons (Fsp3) is 0.400. The fourth-order valence-corrected chi connectivity index (χ4v) is 2.28. The number of carbonyl (C=O) groups is 1. The number of ether oxygens (including phenoxy) is 1. The van der Waals surface area contributed by atoms with Crippen LogP contribution in [0.2, 0.25) is 0 Å². The van der Waals surface area contributed by atoms with E-state index in [0.29, 0.717) is 5.56 Å². The molecule has 2 rings (SSSR count). The van der Waals surface area contributed by atoms with Crippen LogP contribution in [0.3, 0.4) is 0 Å². The molecule has 0 radical (unpaired) electrons. The van der Waals surface area contributed by atoms with Gasteiger partial charge in [-0.05, 0) is 37.0 Å². The Hall–Kier alpha value is -1.61. The molecule has 1 aromatic carbocycles. The minimum atomic E-state index is -0.492. The fourth-order valence-electron chi connectivity index (χ4n) is 2.28. The summed E-state index contributed by atoms with van der Waals surface area (Å²) >= 11 is 0. The topological polar surface area (TPSA) is 46.5 Å². The summed E-state index contributed by atoms with van der Waals surface area (Å²) in [5.74, 6) is -0.170. The Labute approximate surface area is 107 Å². The summed E-state index contributed by atoms with van der Waals surface area (Å²) in [6.07, 6.45) is 6.95. The third-order valence-corrected chi connectivity index (χ3v) is 3.37. The van der Waals surface area contributed by atoms with Crippen LogP contribution in [0.5, 0.6) is 0 Å². The summed E-state index contributed by atoms with van der Waals surface area (Å²) < 4.78 is 4.64. The van der Waals surface area contributed by atoms with Crippen LogP contribution in [0.15, 0.2) is 36.4 Å². The second-order valence-corrected chi connectivity index (χ2v) is 4.58. The number of hydrogen-bond donors (Lipinski definition) is 1. The second-order valence-electron chi connectivity index (χ2n) is 4.58. The maximum absolute atomic E-state index is 11.3. The molecule has 3 heteroatoms. The number of aliphatic hydroxyl groups is 1. The lowest BCUT2D eigenvalue weighted by atomic mass is 9.87. The van der Waals surface area contributed by atoms with Crippen LogP contribution in [-0.2, 0) is 4.74 Å². The van der Waals surface area contributed by atoms with Crippen molar-refractivity contribution < 1.29 is 14.6 Å². The Morgan fingerprint density at radius 1 is 1.39 bits per heavy atom. The average Bonchev–Trinajstić information content (AvgIpc) is 2.47. The third kappa shape index (κ3) is 2.79. The molecule has 0 aromatic heterocycles.